The summed E-state index contributed by atoms with van der Waals surface area (Å²) in [5, 5.41) is 3.11. The Morgan fingerprint density at radius 1 is 1.00 bits per heavy atom. The van der Waals surface area contributed by atoms with Gasteiger partial charge in [-0.25, -0.2) is 8.42 Å². The monoisotopic (exact) mass is 571 g/mol. The minimum absolute atomic E-state index is 0.0380. The number of benzene rings is 3. The number of aryl methyl sites for hydroxylation is 2. The summed E-state index contributed by atoms with van der Waals surface area (Å²) in [6.07, 6.45) is 0. The second kappa shape index (κ2) is 13.0. The van der Waals surface area contributed by atoms with Gasteiger partial charge in [0.05, 0.1) is 17.7 Å². The summed E-state index contributed by atoms with van der Waals surface area (Å²) in [6, 6.07) is 17.5. The zero-order chi connectivity index (χ0) is 28.7. The lowest BCUT2D eigenvalue weighted by Gasteiger charge is -2.32. The van der Waals surface area contributed by atoms with E-state index < -0.39 is 28.5 Å². The topological polar surface area (TPSA) is 96.0 Å². The van der Waals surface area contributed by atoms with E-state index in [1.165, 1.54) is 23.1 Å². The molecule has 1 N–H and O–H groups in total. The van der Waals surface area contributed by atoms with E-state index in [0.29, 0.717) is 17.3 Å². The van der Waals surface area contributed by atoms with Gasteiger partial charge in [-0.05, 0) is 75.2 Å². The molecule has 0 fully saturated rings. The molecule has 1 atom stereocenters. The Balaban J connectivity index is 2.04. The summed E-state index contributed by atoms with van der Waals surface area (Å²) < 4.78 is 34.0. The van der Waals surface area contributed by atoms with E-state index in [0.717, 1.165) is 21.0 Å². The molecule has 208 valence electrons. The molecule has 0 bridgehead atoms. The van der Waals surface area contributed by atoms with Gasteiger partial charge in [0.1, 0.15) is 18.3 Å². The molecule has 0 unspecified atom stereocenters. The molecule has 3 rings (SSSR count). The van der Waals surface area contributed by atoms with Crippen LogP contribution in [0.4, 0.5) is 5.69 Å². The fraction of sp³-hybridized carbons (Fsp3) is 0.310. The van der Waals surface area contributed by atoms with Crippen LogP contribution in [0.25, 0.3) is 0 Å². The van der Waals surface area contributed by atoms with Crippen LogP contribution in [0.15, 0.2) is 71.6 Å². The predicted molar refractivity (Wildman–Crippen MR) is 154 cm³/mol. The van der Waals surface area contributed by atoms with Crippen LogP contribution in [0.2, 0.25) is 5.02 Å². The standard InChI is InChI=1S/C29H34ClN3O5S/c1-6-31-29(35)22(4)32(18-23-10-13-25(38-5)14-11-23)28(34)19-33(24-12-9-21(3)27(30)17-24)39(36,37)26-15-7-20(2)8-16-26/h7-17,22H,6,18-19H2,1-5H3,(H,31,35)/t22-/m0/s1. The number of amides is 2. The highest BCUT2D eigenvalue weighted by Gasteiger charge is 2.32. The van der Waals surface area contributed by atoms with Gasteiger partial charge in [0, 0.05) is 18.1 Å². The van der Waals surface area contributed by atoms with Crippen molar-refractivity contribution in [3.63, 3.8) is 0 Å². The maximum atomic E-state index is 13.9. The molecule has 39 heavy (non-hydrogen) atoms. The van der Waals surface area contributed by atoms with Crippen LogP contribution in [-0.2, 0) is 26.2 Å². The van der Waals surface area contributed by atoms with Gasteiger partial charge in [-0.2, -0.15) is 0 Å². The van der Waals surface area contributed by atoms with Crippen molar-refractivity contribution in [1.82, 2.24) is 10.2 Å². The third-order valence-electron chi connectivity index (χ3n) is 6.36. The minimum Gasteiger partial charge on any atom is -0.497 e. The lowest BCUT2D eigenvalue weighted by atomic mass is 10.1. The number of rotatable bonds is 11. The number of nitrogens with zero attached hydrogens (tertiary/aromatic N) is 2. The van der Waals surface area contributed by atoms with Crippen LogP contribution >= 0.6 is 11.6 Å². The summed E-state index contributed by atoms with van der Waals surface area (Å²) >= 11 is 6.35. The summed E-state index contributed by atoms with van der Waals surface area (Å²) in [7, 11) is -2.60. The van der Waals surface area contributed by atoms with Crippen molar-refractivity contribution in [2.45, 2.75) is 45.2 Å². The Bertz CT molecular complexity index is 1410. The van der Waals surface area contributed by atoms with Crippen LogP contribution in [0.3, 0.4) is 0 Å². The molecule has 0 spiro atoms. The molecule has 3 aromatic carbocycles. The first-order valence-corrected chi connectivity index (χ1v) is 14.4. The van der Waals surface area contributed by atoms with E-state index in [-0.39, 0.29) is 23.0 Å². The second-order valence-corrected chi connectivity index (χ2v) is 11.5. The first-order chi connectivity index (χ1) is 18.5. The average Bonchev–Trinajstić information content (AvgIpc) is 2.92. The molecule has 0 aliphatic carbocycles. The van der Waals surface area contributed by atoms with Gasteiger partial charge in [-0.1, -0.05) is 47.5 Å². The van der Waals surface area contributed by atoms with Crippen molar-refractivity contribution in [3.05, 3.63) is 88.4 Å². The first kappa shape index (κ1) is 30.0. The third-order valence-corrected chi connectivity index (χ3v) is 8.56. The number of hydrogen-bond donors (Lipinski definition) is 1. The zero-order valence-electron chi connectivity index (χ0n) is 22.8. The molecule has 0 aliphatic rings. The molecule has 10 heteroatoms. The van der Waals surface area contributed by atoms with Crippen molar-refractivity contribution in [1.29, 1.82) is 0 Å². The van der Waals surface area contributed by atoms with E-state index >= 15 is 0 Å². The van der Waals surface area contributed by atoms with E-state index in [1.807, 2.05) is 6.92 Å². The molecule has 0 heterocycles. The predicted octanol–water partition coefficient (Wildman–Crippen LogP) is 4.71. The molecular weight excluding hydrogens is 538 g/mol. The fourth-order valence-corrected chi connectivity index (χ4v) is 5.52. The lowest BCUT2D eigenvalue weighted by Crippen LogP contribution is -2.51. The molecule has 3 aromatic rings. The number of sulfonamides is 1. The first-order valence-electron chi connectivity index (χ1n) is 12.5. The quantitative estimate of drug-likeness (QED) is 0.359. The molecule has 0 aliphatic heterocycles. The van der Waals surface area contributed by atoms with E-state index in [2.05, 4.69) is 5.32 Å². The number of nitrogens with one attached hydrogen (secondary N) is 1. The third kappa shape index (κ3) is 7.30. The largest absolute Gasteiger partial charge is 0.497 e. The fourth-order valence-electron chi connectivity index (χ4n) is 3.94. The van der Waals surface area contributed by atoms with Crippen molar-refractivity contribution in [3.8, 4) is 5.75 Å². The van der Waals surface area contributed by atoms with Gasteiger partial charge in [-0.15, -0.1) is 0 Å². The van der Waals surface area contributed by atoms with Gasteiger partial charge < -0.3 is 15.0 Å². The van der Waals surface area contributed by atoms with E-state index in [4.69, 9.17) is 16.3 Å². The van der Waals surface area contributed by atoms with Crippen molar-refractivity contribution < 1.29 is 22.7 Å². The van der Waals surface area contributed by atoms with Crippen LogP contribution < -0.4 is 14.4 Å². The van der Waals surface area contributed by atoms with Crippen LogP contribution in [-0.4, -0.2) is 51.4 Å². The Morgan fingerprint density at radius 3 is 2.21 bits per heavy atom. The van der Waals surface area contributed by atoms with Gasteiger partial charge in [0.25, 0.3) is 10.0 Å². The van der Waals surface area contributed by atoms with Crippen LogP contribution in [0, 0.1) is 13.8 Å². The maximum absolute atomic E-state index is 13.9. The summed E-state index contributed by atoms with van der Waals surface area (Å²) in [5.74, 6) is -0.234. The molecule has 2 amide bonds. The normalized spacial score (nSPS) is 11.9. The molecule has 8 nitrogen and oxygen atoms in total. The Kier molecular flexibility index (Phi) is 9.99. The highest BCUT2D eigenvalue weighted by atomic mass is 35.5. The van der Waals surface area contributed by atoms with Crippen LogP contribution in [0.1, 0.15) is 30.5 Å². The SMILES string of the molecule is CCNC(=O)[C@H](C)N(Cc1ccc(OC)cc1)C(=O)CN(c1ccc(C)c(Cl)c1)S(=O)(=O)c1ccc(C)cc1. The minimum atomic E-state index is -4.16. The number of anilines is 1. The molecule has 0 saturated carbocycles. The van der Waals surface area contributed by atoms with Crippen molar-refractivity contribution in [2.75, 3.05) is 24.5 Å². The van der Waals surface area contributed by atoms with Crippen molar-refractivity contribution in [2.24, 2.45) is 0 Å². The number of hydrogen-bond acceptors (Lipinski definition) is 5. The highest BCUT2D eigenvalue weighted by molar-refractivity contribution is 7.92. The van der Waals surface area contributed by atoms with Crippen LogP contribution in [0.5, 0.6) is 5.75 Å². The van der Waals surface area contributed by atoms with Crippen molar-refractivity contribution >= 4 is 39.1 Å². The lowest BCUT2D eigenvalue weighted by molar-refractivity contribution is -0.139. The highest BCUT2D eigenvalue weighted by Crippen LogP contribution is 2.29. The Morgan fingerprint density at radius 2 is 1.64 bits per heavy atom. The number of ether oxygens (including phenoxy) is 1. The molecular formula is C29H34ClN3O5S. The summed E-state index contributed by atoms with van der Waals surface area (Å²) in [6.45, 7) is 7.02. The van der Waals surface area contributed by atoms with Gasteiger partial charge in [-0.3, -0.25) is 13.9 Å². The average molecular weight is 572 g/mol. The number of carbonyl (C=O) groups excluding carboxylic acids is 2. The van der Waals surface area contributed by atoms with E-state index in [1.54, 1.807) is 76.4 Å². The smallest absolute Gasteiger partial charge is 0.264 e. The number of methoxy groups -OCH3 is 1. The van der Waals surface area contributed by atoms with Gasteiger partial charge in [0.2, 0.25) is 11.8 Å². The zero-order valence-corrected chi connectivity index (χ0v) is 24.3. The molecule has 0 saturated heterocycles. The number of carbonyl (C=O) groups is 2. The number of likely N-dealkylation sites (N-methyl/N-ethyl adjacent to an activating group) is 1. The molecule has 0 aromatic heterocycles. The maximum Gasteiger partial charge on any atom is 0.264 e. The van der Waals surface area contributed by atoms with Gasteiger partial charge >= 0.3 is 0 Å². The van der Waals surface area contributed by atoms with E-state index in [9.17, 15) is 18.0 Å². The molecule has 0 radical (unpaired) electrons. The summed E-state index contributed by atoms with van der Waals surface area (Å²) in [4.78, 5) is 28.1. The van der Waals surface area contributed by atoms with Gasteiger partial charge in [0.15, 0.2) is 0 Å². The second-order valence-electron chi connectivity index (χ2n) is 9.20. The summed E-state index contributed by atoms with van der Waals surface area (Å²) in [5.41, 5.74) is 2.67. The number of halogens is 1. The Hall–Kier alpha value is -3.56. The Labute approximate surface area is 235 Å².